The van der Waals surface area contributed by atoms with Gasteiger partial charge in [-0.05, 0) is 30.2 Å². The molecule has 0 aliphatic heterocycles. The highest BCUT2D eigenvalue weighted by atomic mass is 16.2. The molecule has 2 aromatic rings. The van der Waals surface area contributed by atoms with E-state index in [1.807, 2.05) is 27.7 Å². The molecule has 0 fully saturated rings. The van der Waals surface area contributed by atoms with Crippen LogP contribution in [0.5, 0.6) is 0 Å². The van der Waals surface area contributed by atoms with E-state index in [0.717, 1.165) is 6.42 Å². The molecule has 0 aliphatic carbocycles. The summed E-state index contributed by atoms with van der Waals surface area (Å²) in [4.78, 5) is 46.9. The molecule has 0 radical (unpaired) electrons. The molecule has 0 saturated carbocycles. The SMILES string of the molecule is CC(C)CCN(C)C(=O)c1cc(C(C)C)nc2c1c(=O)[nH]c(=O)n2CC(C)C. The van der Waals surface area contributed by atoms with Crippen LogP contribution in [-0.2, 0) is 6.54 Å². The Labute approximate surface area is 165 Å². The summed E-state index contributed by atoms with van der Waals surface area (Å²) in [5, 5.41) is 0.186. The number of carbonyl (C=O) groups excluding carboxylic acids is 1. The van der Waals surface area contributed by atoms with Crippen molar-refractivity contribution >= 4 is 16.9 Å². The second-order valence-electron chi connectivity index (χ2n) is 8.62. The van der Waals surface area contributed by atoms with Gasteiger partial charge in [-0.2, -0.15) is 0 Å². The van der Waals surface area contributed by atoms with Gasteiger partial charge in [0.2, 0.25) is 0 Å². The predicted molar refractivity (Wildman–Crippen MR) is 112 cm³/mol. The Morgan fingerprint density at radius 1 is 1.14 bits per heavy atom. The number of hydrogen-bond acceptors (Lipinski definition) is 4. The summed E-state index contributed by atoms with van der Waals surface area (Å²) in [6, 6.07) is 1.70. The largest absolute Gasteiger partial charge is 0.342 e. The Morgan fingerprint density at radius 3 is 2.32 bits per heavy atom. The molecule has 1 N–H and O–H groups in total. The fraction of sp³-hybridized carbons (Fsp3) is 0.619. The van der Waals surface area contributed by atoms with Gasteiger partial charge >= 0.3 is 5.69 Å². The van der Waals surface area contributed by atoms with Gasteiger partial charge in [0, 0.05) is 25.8 Å². The Bertz CT molecular complexity index is 970. The zero-order valence-electron chi connectivity index (χ0n) is 18.0. The summed E-state index contributed by atoms with van der Waals surface area (Å²) in [5.41, 5.74) is 0.221. The van der Waals surface area contributed by atoms with E-state index in [2.05, 4.69) is 23.8 Å². The van der Waals surface area contributed by atoms with Crippen LogP contribution >= 0.6 is 0 Å². The second kappa shape index (κ2) is 8.71. The molecule has 1 amide bonds. The average Bonchev–Trinajstić information content (AvgIpc) is 2.60. The van der Waals surface area contributed by atoms with Crippen LogP contribution in [0.4, 0.5) is 0 Å². The first-order valence-corrected chi connectivity index (χ1v) is 9.96. The Balaban J connectivity index is 2.76. The van der Waals surface area contributed by atoms with Crippen molar-refractivity contribution in [1.82, 2.24) is 19.4 Å². The maximum atomic E-state index is 13.2. The van der Waals surface area contributed by atoms with Gasteiger partial charge in [0.05, 0.1) is 10.9 Å². The molecule has 0 spiro atoms. The third kappa shape index (κ3) is 4.69. The van der Waals surface area contributed by atoms with Crippen molar-refractivity contribution in [3.63, 3.8) is 0 Å². The number of nitrogens with one attached hydrogen (secondary N) is 1. The number of carbonyl (C=O) groups is 1. The molecule has 2 aromatic heterocycles. The van der Waals surface area contributed by atoms with E-state index in [1.165, 1.54) is 4.57 Å². The van der Waals surface area contributed by atoms with E-state index in [0.29, 0.717) is 30.3 Å². The van der Waals surface area contributed by atoms with Gasteiger partial charge in [0.15, 0.2) is 5.65 Å². The van der Waals surface area contributed by atoms with Crippen molar-refractivity contribution in [2.75, 3.05) is 13.6 Å². The zero-order chi connectivity index (χ0) is 21.2. The van der Waals surface area contributed by atoms with Crippen molar-refractivity contribution in [2.45, 2.75) is 60.4 Å². The summed E-state index contributed by atoms with van der Waals surface area (Å²) in [6.45, 7) is 13.1. The van der Waals surface area contributed by atoms with Crippen LogP contribution in [0.3, 0.4) is 0 Å². The number of H-pyrrole nitrogens is 1. The lowest BCUT2D eigenvalue weighted by Crippen LogP contribution is -2.35. The van der Waals surface area contributed by atoms with Crippen molar-refractivity contribution in [3.05, 3.63) is 38.2 Å². The Kier molecular flexibility index (Phi) is 6.80. The first kappa shape index (κ1) is 21.9. The molecule has 7 heteroatoms. The average molecular weight is 389 g/mol. The molecule has 0 aliphatic rings. The highest BCUT2D eigenvalue weighted by molar-refractivity contribution is 6.05. The molecule has 2 rings (SSSR count). The lowest BCUT2D eigenvalue weighted by atomic mass is 10.0. The molecule has 7 nitrogen and oxygen atoms in total. The normalized spacial score (nSPS) is 11.8. The first-order valence-electron chi connectivity index (χ1n) is 9.96. The number of hydrogen-bond donors (Lipinski definition) is 1. The van der Waals surface area contributed by atoms with Crippen LogP contribution in [0.15, 0.2) is 15.7 Å². The third-order valence-corrected chi connectivity index (χ3v) is 4.73. The highest BCUT2D eigenvalue weighted by Crippen LogP contribution is 2.21. The van der Waals surface area contributed by atoms with E-state index in [-0.39, 0.29) is 28.8 Å². The molecule has 0 unspecified atom stereocenters. The Morgan fingerprint density at radius 2 is 1.79 bits per heavy atom. The minimum atomic E-state index is -0.566. The minimum Gasteiger partial charge on any atom is -0.342 e. The lowest BCUT2D eigenvalue weighted by molar-refractivity contribution is 0.0790. The fourth-order valence-electron chi connectivity index (χ4n) is 3.05. The van der Waals surface area contributed by atoms with Crippen LogP contribution in [0.2, 0.25) is 0 Å². The van der Waals surface area contributed by atoms with E-state index in [4.69, 9.17) is 0 Å². The summed E-state index contributed by atoms with van der Waals surface area (Å²) >= 11 is 0. The summed E-state index contributed by atoms with van der Waals surface area (Å²) < 4.78 is 1.47. The quantitative estimate of drug-likeness (QED) is 0.790. The van der Waals surface area contributed by atoms with Crippen molar-refractivity contribution in [1.29, 1.82) is 0 Å². The van der Waals surface area contributed by atoms with E-state index in [9.17, 15) is 14.4 Å². The number of pyridine rings is 1. The third-order valence-electron chi connectivity index (χ3n) is 4.73. The lowest BCUT2D eigenvalue weighted by Gasteiger charge is -2.21. The zero-order valence-corrected chi connectivity index (χ0v) is 18.0. The van der Waals surface area contributed by atoms with Crippen LogP contribution in [0.25, 0.3) is 11.0 Å². The standard InChI is InChI=1S/C21H32N4O3/c1-12(2)8-9-24(7)20(27)15-10-16(14(5)6)22-18-17(15)19(26)23-21(28)25(18)11-13(3)4/h10,12-14H,8-9,11H2,1-7H3,(H,23,26,28). The molecule has 28 heavy (non-hydrogen) atoms. The predicted octanol–water partition coefficient (Wildman–Crippen LogP) is 2.98. The molecule has 154 valence electrons. The van der Waals surface area contributed by atoms with Gasteiger partial charge < -0.3 is 4.90 Å². The van der Waals surface area contributed by atoms with Crippen molar-refractivity contribution in [3.8, 4) is 0 Å². The summed E-state index contributed by atoms with van der Waals surface area (Å²) in [6.07, 6.45) is 0.872. The van der Waals surface area contributed by atoms with E-state index < -0.39 is 11.2 Å². The molecule has 0 atom stereocenters. The number of fused-ring (bicyclic) bond motifs is 1. The van der Waals surface area contributed by atoms with Gasteiger partial charge in [-0.25, -0.2) is 9.78 Å². The van der Waals surface area contributed by atoms with Crippen LogP contribution < -0.4 is 11.2 Å². The van der Waals surface area contributed by atoms with Crippen molar-refractivity contribution < 1.29 is 4.79 Å². The van der Waals surface area contributed by atoms with Gasteiger partial charge in [0.25, 0.3) is 11.5 Å². The smallest absolute Gasteiger partial charge is 0.330 e. The molecule has 0 aromatic carbocycles. The maximum Gasteiger partial charge on any atom is 0.330 e. The monoisotopic (exact) mass is 388 g/mol. The van der Waals surface area contributed by atoms with Gasteiger partial charge in [0.1, 0.15) is 0 Å². The summed E-state index contributed by atoms with van der Waals surface area (Å²) in [5.74, 6) is 0.480. The van der Waals surface area contributed by atoms with Gasteiger partial charge in [-0.3, -0.25) is 19.1 Å². The van der Waals surface area contributed by atoms with Crippen LogP contribution in [-0.4, -0.2) is 38.9 Å². The van der Waals surface area contributed by atoms with Crippen molar-refractivity contribution in [2.24, 2.45) is 11.8 Å². The topological polar surface area (TPSA) is 88.1 Å². The van der Waals surface area contributed by atoms with E-state index >= 15 is 0 Å². The van der Waals surface area contributed by atoms with Crippen LogP contribution in [0.1, 0.15) is 69.9 Å². The maximum absolute atomic E-state index is 13.2. The molecular formula is C21H32N4O3. The molecule has 0 saturated heterocycles. The number of rotatable bonds is 7. The molecule has 0 bridgehead atoms. The number of aromatic nitrogens is 3. The number of nitrogens with zero attached hydrogens (tertiary/aromatic N) is 3. The van der Waals surface area contributed by atoms with E-state index in [1.54, 1.807) is 18.0 Å². The number of aromatic amines is 1. The minimum absolute atomic E-state index is 0.0545. The van der Waals surface area contributed by atoms with Gasteiger partial charge in [-0.1, -0.05) is 41.5 Å². The second-order valence-corrected chi connectivity index (χ2v) is 8.62. The van der Waals surface area contributed by atoms with Gasteiger partial charge in [-0.15, -0.1) is 0 Å². The molecule has 2 heterocycles. The summed E-state index contributed by atoms with van der Waals surface area (Å²) in [7, 11) is 1.74. The first-order chi connectivity index (χ1) is 13.0. The molecular weight excluding hydrogens is 356 g/mol. The number of amides is 1. The van der Waals surface area contributed by atoms with Crippen LogP contribution in [0, 0.1) is 11.8 Å². The fourth-order valence-corrected chi connectivity index (χ4v) is 3.05. The highest BCUT2D eigenvalue weighted by Gasteiger charge is 2.23. The Hall–Kier alpha value is -2.44.